The van der Waals surface area contributed by atoms with Crippen LogP contribution in [0.25, 0.3) is 0 Å². The molecule has 0 unspecified atom stereocenters. The van der Waals surface area contributed by atoms with Crippen molar-refractivity contribution in [1.29, 1.82) is 0 Å². The number of aliphatic hydroxyl groups is 1. The van der Waals surface area contributed by atoms with Crippen molar-refractivity contribution in [2.45, 2.75) is 19.1 Å². The van der Waals surface area contributed by atoms with Crippen molar-refractivity contribution in [3.63, 3.8) is 0 Å². The van der Waals surface area contributed by atoms with Crippen LogP contribution in [0, 0.1) is 5.92 Å². The minimum absolute atomic E-state index is 0.236. The molecule has 0 aliphatic heterocycles. The van der Waals surface area contributed by atoms with Crippen LogP contribution in [0.15, 0.2) is 0 Å². The number of rotatable bonds is 2. The minimum Gasteiger partial charge on any atom is -0.378 e. The van der Waals surface area contributed by atoms with E-state index in [0.29, 0.717) is 5.92 Å². The minimum atomic E-state index is -0.236. The van der Waals surface area contributed by atoms with Crippen LogP contribution in [0.4, 0.5) is 0 Å². The Balaban J connectivity index is 2.10. The summed E-state index contributed by atoms with van der Waals surface area (Å²) in [5, 5.41) is 11.7. The van der Waals surface area contributed by atoms with Gasteiger partial charge in [0.15, 0.2) is 0 Å². The second-order valence-corrected chi connectivity index (χ2v) is 2.07. The summed E-state index contributed by atoms with van der Waals surface area (Å²) < 4.78 is 0. The lowest BCUT2D eigenvalue weighted by molar-refractivity contribution is 0.124. The summed E-state index contributed by atoms with van der Waals surface area (Å²) in [7, 11) is 1.78. The van der Waals surface area contributed by atoms with Gasteiger partial charge in [0.25, 0.3) is 0 Å². The predicted molar refractivity (Wildman–Crippen MR) is 27.8 cm³/mol. The normalized spacial score (nSPS) is 24.9. The molecule has 2 nitrogen and oxygen atoms in total. The summed E-state index contributed by atoms with van der Waals surface area (Å²) in [5.41, 5.74) is 0. The van der Waals surface area contributed by atoms with E-state index in [9.17, 15) is 0 Å². The van der Waals surface area contributed by atoms with Crippen molar-refractivity contribution >= 4 is 0 Å². The predicted octanol–water partition coefficient (Wildman–Crippen LogP) is -0.0658. The lowest BCUT2D eigenvalue weighted by Gasteiger charge is -2.03. The third-order valence-electron chi connectivity index (χ3n) is 1.36. The van der Waals surface area contributed by atoms with Crippen LogP contribution in [-0.4, -0.2) is 18.4 Å². The van der Waals surface area contributed by atoms with Crippen LogP contribution in [0.1, 0.15) is 12.8 Å². The molecular formula is C5H11NO. The zero-order chi connectivity index (χ0) is 5.28. The Morgan fingerprint density at radius 1 is 1.71 bits per heavy atom. The topological polar surface area (TPSA) is 32.3 Å². The van der Waals surface area contributed by atoms with E-state index in [1.165, 1.54) is 12.8 Å². The molecule has 0 aromatic heterocycles. The molecule has 1 aliphatic carbocycles. The molecule has 0 aromatic rings. The Hall–Kier alpha value is -0.0800. The number of nitrogens with one attached hydrogen (secondary N) is 1. The van der Waals surface area contributed by atoms with E-state index >= 15 is 0 Å². The molecule has 0 radical (unpaired) electrons. The fourth-order valence-corrected chi connectivity index (χ4v) is 0.648. The Bertz CT molecular complexity index is 61.1. The third kappa shape index (κ3) is 1.14. The highest BCUT2D eigenvalue weighted by molar-refractivity contribution is 4.77. The Morgan fingerprint density at radius 2 is 2.29 bits per heavy atom. The van der Waals surface area contributed by atoms with E-state index in [1.807, 2.05) is 0 Å². The molecule has 2 heteroatoms. The van der Waals surface area contributed by atoms with Gasteiger partial charge in [0.2, 0.25) is 0 Å². The molecule has 1 rings (SSSR count). The van der Waals surface area contributed by atoms with E-state index < -0.39 is 0 Å². The molecule has 1 atom stereocenters. The Morgan fingerprint density at radius 3 is 2.43 bits per heavy atom. The first kappa shape index (κ1) is 5.06. The van der Waals surface area contributed by atoms with Gasteiger partial charge in [-0.15, -0.1) is 0 Å². The molecule has 0 saturated heterocycles. The molecule has 0 spiro atoms. The highest BCUT2D eigenvalue weighted by atomic mass is 16.3. The van der Waals surface area contributed by atoms with Gasteiger partial charge in [0.05, 0.1) is 0 Å². The molecule has 1 aliphatic rings. The fraction of sp³-hybridized carbons (Fsp3) is 1.00. The summed E-state index contributed by atoms with van der Waals surface area (Å²) in [4.78, 5) is 0. The first-order valence-electron chi connectivity index (χ1n) is 2.70. The van der Waals surface area contributed by atoms with E-state index in [4.69, 9.17) is 5.11 Å². The average Bonchev–Trinajstić information content (AvgIpc) is 2.44. The van der Waals surface area contributed by atoms with Crippen LogP contribution in [0.3, 0.4) is 0 Å². The number of aliphatic hydroxyl groups excluding tert-OH is 1. The van der Waals surface area contributed by atoms with E-state index in [-0.39, 0.29) is 6.23 Å². The van der Waals surface area contributed by atoms with Gasteiger partial charge in [0.1, 0.15) is 6.23 Å². The van der Waals surface area contributed by atoms with Crippen molar-refractivity contribution in [1.82, 2.24) is 5.32 Å². The highest BCUT2D eigenvalue weighted by Gasteiger charge is 2.28. The van der Waals surface area contributed by atoms with Crippen LogP contribution < -0.4 is 5.32 Å². The van der Waals surface area contributed by atoms with Gasteiger partial charge in [-0.05, 0) is 25.8 Å². The number of hydrogen-bond acceptors (Lipinski definition) is 2. The van der Waals surface area contributed by atoms with Gasteiger partial charge in [-0.2, -0.15) is 0 Å². The Labute approximate surface area is 43.5 Å². The summed E-state index contributed by atoms with van der Waals surface area (Å²) in [6.07, 6.45) is 2.16. The summed E-state index contributed by atoms with van der Waals surface area (Å²) in [5.74, 6) is 0.560. The SMILES string of the molecule is CN[C@H](O)C1CC1. The molecular weight excluding hydrogens is 90.1 g/mol. The van der Waals surface area contributed by atoms with E-state index in [1.54, 1.807) is 7.05 Å². The van der Waals surface area contributed by atoms with Crippen molar-refractivity contribution in [3.05, 3.63) is 0 Å². The Kier molecular flexibility index (Phi) is 1.30. The lowest BCUT2D eigenvalue weighted by atomic mass is 10.4. The van der Waals surface area contributed by atoms with Crippen LogP contribution in [-0.2, 0) is 0 Å². The molecule has 0 heterocycles. The number of hydrogen-bond donors (Lipinski definition) is 2. The lowest BCUT2D eigenvalue weighted by Crippen LogP contribution is -2.26. The second kappa shape index (κ2) is 1.80. The first-order valence-corrected chi connectivity index (χ1v) is 2.70. The zero-order valence-electron chi connectivity index (χ0n) is 4.52. The molecule has 7 heavy (non-hydrogen) atoms. The fourth-order valence-electron chi connectivity index (χ4n) is 0.648. The molecule has 1 saturated carbocycles. The summed E-state index contributed by atoms with van der Waals surface area (Å²) in [6, 6.07) is 0. The molecule has 1 fully saturated rings. The van der Waals surface area contributed by atoms with Crippen molar-refractivity contribution < 1.29 is 5.11 Å². The maximum absolute atomic E-state index is 8.89. The van der Waals surface area contributed by atoms with E-state index in [0.717, 1.165) is 0 Å². The van der Waals surface area contributed by atoms with Gasteiger partial charge in [0, 0.05) is 0 Å². The van der Waals surface area contributed by atoms with Gasteiger partial charge in [-0.25, -0.2) is 0 Å². The summed E-state index contributed by atoms with van der Waals surface area (Å²) in [6.45, 7) is 0. The van der Waals surface area contributed by atoms with Gasteiger partial charge < -0.3 is 5.11 Å². The largest absolute Gasteiger partial charge is 0.378 e. The first-order chi connectivity index (χ1) is 3.34. The van der Waals surface area contributed by atoms with Crippen molar-refractivity contribution in [2.24, 2.45) is 5.92 Å². The monoisotopic (exact) mass is 101 g/mol. The third-order valence-corrected chi connectivity index (χ3v) is 1.36. The molecule has 0 amide bonds. The van der Waals surface area contributed by atoms with Crippen molar-refractivity contribution in [2.75, 3.05) is 7.05 Å². The van der Waals surface area contributed by atoms with Crippen LogP contribution in [0.2, 0.25) is 0 Å². The zero-order valence-corrected chi connectivity index (χ0v) is 4.52. The average molecular weight is 101 g/mol. The van der Waals surface area contributed by atoms with Gasteiger partial charge in [-0.3, -0.25) is 5.32 Å². The molecule has 42 valence electrons. The van der Waals surface area contributed by atoms with Crippen LogP contribution >= 0.6 is 0 Å². The summed E-state index contributed by atoms with van der Waals surface area (Å²) >= 11 is 0. The van der Waals surface area contributed by atoms with E-state index in [2.05, 4.69) is 5.32 Å². The van der Waals surface area contributed by atoms with Gasteiger partial charge in [-0.1, -0.05) is 0 Å². The molecule has 0 bridgehead atoms. The standard InChI is InChI=1S/C5H11NO/c1-6-5(7)4-2-3-4/h4-7H,2-3H2,1H3/t5-/m1/s1. The highest BCUT2D eigenvalue weighted by Crippen LogP contribution is 2.30. The maximum atomic E-state index is 8.89. The quantitative estimate of drug-likeness (QED) is 0.477. The van der Waals surface area contributed by atoms with Gasteiger partial charge >= 0.3 is 0 Å². The molecule has 2 N–H and O–H groups in total. The second-order valence-electron chi connectivity index (χ2n) is 2.07. The van der Waals surface area contributed by atoms with Crippen LogP contribution in [0.5, 0.6) is 0 Å². The smallest absolute Gasteiger partial charge is 0.107 e. The maximum Gasteiger partial charge on any atom is 0.107 e. The molecule has 0 aromatic carbocycles. The van der Waals surface area contributed by atoms with Crippen molar-refractivity contribution in [3.8, 4) is 0 Å².